The number of benzene rings is 1. The zero-order valence-electron chi connectivity index (χ0n) is 11.8. The molecular formula is C15H15FN2OS2. The Morgan fingerprint density at radius 3 is 2.81 bits per heavy atom. The van der Waals surface area contributed by atoms with Crippen molar-refractivity contribution in [2.24, 2.45) is 0 Å². The van der Waals surface area contributed by atoms with Crippen LogP contribution >= 0.6 is 23.5 Å². The molecule has 0 N–H and O–H groups in total. The molecule has 2 aromatic rings. The lowest BCUT2D eigenvalue weighted by Gasteiger charge is -2.13. The van der Waals surface area contributed by atoms with E-state index >= 15 is 0 Å². The van der Waals surface area contributed by atoms with Crippen LogP contribution in [0.2, 0.25) is 0 Å². The third-order valence-electron chi connectivity index (χ3n) is 3.24. The van der Waals surface area contributed by atoms with Crippen LogP contribution in [0.15, 0.2) is 39.1 Å². The van der Waals surface area contributed by atoms with Crippen LogP contribution in [0, 0.1) is 5.82 Å². The summed E-state index contributed by atoms with van der Waals surface area (Å²) in [6, 6.07) is 5.97. The zero-order valence-corrected chi connectivity index (χ0v) is 13.4. The van der Waals surface area contributed by atoms with E-state index in [2.05, 4.69) is 11.9 Å². The summed E-state index contributed by atoms with van der Waals surface area (Å²) in [6.07, 6.45) is 0.830. The van der Waals surface area contributed by atoms with E-state index in [1.165, 1.54) is 23.9 Å². The molecule has 0 fully saturated rings. The summed E-state index contributed by atoms with van der Waals surface area (Å²) in [5.74, 6) is 0.517. The summed E-state index contributed by atoms with van der Waals surface area (Å²) in [6.45, 7) is 4.12. The second kappa shape index (κ2) is 5.85. The number of halogens is 1. The smallest absolute Gasteiger partial charge is 0.268 e. The number of hydrogen-bond donors (Lipinski definition) is 0. The molecule has 1 aromatic heterocycles. The van der Waals surface area contributed by atoms with E-state index in [1.54, 1.807) is 28.5 Å². The molecule has 0 radical (unpaired) electrons. The summed E-state index contributed by atoms with van der Waals surface area (Å²) in [5.41, 5.74) is 1.51. The Hall–Kier alpha value is -1.27. The van der Waals surface area contributed by atoms with Crippen LogP contribution in [-0.2, 0) is 6.42 Å². The second-order valence-corrected chi connectivity index (χ2v) is 7.53. The lowest BCUT2D eigenvalue weighted by atomic mass is 10.2. The molecule has 110 valence electrons. The monoisotopic (exact) mass is 322 g/mol. The molecule has 6 heteroatoms. The van der Waals surface area contributed by atoms with E-state index in [4.69, 9.17) is 0 Å². The molecule has 3 nitrogen and oxygen atoms in total. The first-order chi connectivity index (χ1) is 10.1. The Bertz CT molecular complexity index is 728. The van der Waals surface area contributed by atoms with Crippen molar-refractivity contribution in [3.05, 3.63) is 46.1 Å². The highest BCUT2D eigenvalue weighted by atomic mass is 32.2. The van der Waals surface area contributed by atoms with Crippen molar-refractivity contribution in [3.8, 4) is 5.69 Å². The highest BCUT2D eigenvalue weighted by Crippen LogP contribution is 2.34. The fourth-order valence-electron chi connectivity index (χ4n) is 2.34. The minimum Gasteiger partial charge on any atom is -0.268 e. The third-order valence-corrected chi connectivity index (χ3v) is 5.28. The fraction of sp³-hybridized carbons (Fsp3) is 0.333. The van der Waals surface area contributed by atoms with Gasteiger partial charge < -0.3 is 0 Å². The average molecular weight is 322 g/mol. The molecule has 2 heterocycles. The van der Waals surface area contributed by atoms with Gasteiger partial charge in [0.2, 0.25) is 0 Å². The van der Waals surface area contributed by atoms with E-state index in [9.17, 15) is 9.18 Å². The van der Waals surface area contributed by atoms with Gasteiger partial charge in [0.15, 0.2) is 5.16 Å². The SMILES string of the molecule is CCSc1nc2c(c(=O)n1-c1ccc(F)cc1)SC(C)C2. The summed E-state index contributed by atoms with van der Waals surface area (Å²) < 4.78 is 14.7. The van der Waals surface area contributed by atoms with E-state index < -0.39 is 0 Å². The minimum absolute atomic E-state index is 0.0445. The molecule has 1 aliphatic rings. The second-order valence-electron chi connectivity index (χ2n) is 4.85. The van der Waals surface area contributed by atoms with Gasteiger partial charge in [0.05, 0.1) is 16.3 Å². The number of thioether (sulfide) groups is 2. The maximum absolute atomic E-state index is 13.1. The Labute approximate surface area is 131 Å². The topological polar surface area (TPSA) is 34.9 Å². The molecule has 1 aliphatic heterocycles. The highest BCUT2D eigenvalue weighted by molar-refractivity contribution is 8.00. The van der Waals surface area contributed by atoms with Crippen molar-refractivity contribution >= 4 is 23.5 Å². The zero-order chi connectivity index (χ0) is 15.0. The quantitative estimate of drug-likeness (QED) is 0.640. The molecule has 0 saturated carbocycles. The molecule has 21 heavy (non-hydrogen) atoms. The maximum Gasteiger partial charge on any atom is 0.272 e. The number of aromatic nitrogens is 2. The van der Waals surface area contributed by atoms with Crippen molar-refractivity contribution in [2.75, 3.05) is 5.75 Å². The van der Waals surface area contributed by atoms with Gasteiger partial charge >= 0.3 is 0 Å². The first-order valence-corrected chi connectivity index (χ1v) is 8.68. The van der Waals surface area contributed by atoms with Crippen molar-refractivity contribution < 1.29 is 4.39 Å². The maximum atomic E-state index is 13.1. The fourth-order valence-corrected chi connectivity index (χ4v) is 4.19. The number of fused-ring (bicyclic) bond motifs is 1. The molecule has 0 saturated heterocycles. The Morgan fingerprint density at radius 1 is 1.43 bits per heavy atom. The van der Waals surface area contributed by atoms with Gasteiger partial charge in [0.1, 0.15) is 5.82 Å². The molecule has 0 spiro atoms. The normalized spacial score (nSPS) is 17.0. The van der Waals surface area contributed by atoms with E-state index in [0.717, 1.165) is 22.8 Å². The van der Waals surface area contributed by atoms with Crippen LogP contribution in [0.4, 0.5) is 4.39 Å². The van der Waals surface area contributed by atoms with Crippen LogP contribution < -0.4 is 5.56 Å². The van der Waals surface area contributed by atoms with Crippen LogP contribution in [0.1, 0.15) is 19.5 Å². The molecule has 3 rings (SSSR count). The van der Waals surface area contributed by atoms with Gasteiger partial charge in [-0.15, -0.1) is 11.8 Å². The third kappa shape index (κ3) is 2.74. The van der Waals surface area contributed by atoms with Gasteiger partial charge in [-0.05, 0) is 30.0 Å². The predicted octanol–water partition coefficient (Wildman–Crippen LogP) is 3.52. The summed E-state index contributed by atoms with van der Waals surface area (Å²) in [4.78, 5) is 18.2. The molecule has 1 aromatic carbocycles. The molecular weight excluding hydrogens is 307 g/mol. The first kappa shape index (κ1) is 14.7. The largest absolute Gasteiger partial charge is 0.272 e. The van der Waals surface area contributed by atoms with E-state index in [-0.39, 0.29) is 11.4 Å². The van der Waals surface area contributed by atoms with Gasteiger partial charge in [0, 0.05) is 11.7 Å². The molecule has 0 bridgehead atoms. The van der Waals surface area contributed by atoms with Gasteiger partial charge in [-0.3, -0.25) is 9.36 Å². The lowest BCUT2D eigenvalue weighted by Crippen LogP contribution is -2.23. The van der Waals surface area contributed by atoms with Crippen molar-refractivity contribution in [2.45, 2.75) is 35.6 Å². The van der Waals surface area contributed by atoms with Gasteiger partial charge in [-0.25, -0.2) is 9.37 Å². The molecule has 0 aliphatic carbocycles. The minimum atomic E-state index is -0.311. The van der Waals surface area contributed by atoms with Crippen LogP contribution in [0.25, 0.3) is 5.69 Å². The summed E-state index contributed by atoms with van der Waals surface area (Å²) in [5, 5.41) is 1.06. The Kier molecular flexibility index (Phi) is 4.08. The Balaban J connectivity index is 2.21. The predicted molar refractivity (Wildman–Crippen MR) is 85.2 cm³/mol. The van der Waals surface area contributed by atoms with Gasteiger partial charge in [-0.2, -0.15) is 0 Å². The Morgan fingerprint density at radius 2 is 2.14 bits per heavy atom. The highest BCUT2D eigenvalue weighted by Gasteiger charge is 2.26. The standard InChI is InChI=1S/C15H15FN2OS2/c1-3-20-15-17-12-8-9(2)21-13(12)14(19)18(15)11-6-4-10(16)5-7-11/h4-7,9H,3,8H2,1-2H3. The van der Waals surface area contributed by atoms with E-state index in [0.29, 0.717) is 16.1 Å². The van der Waals surface area contributed by atoms with Gasteiger partial charge in [-0.1, -0.05) is 25.6 Å². The first-order valence-electron chi connectivity index (χ1n) is 6.81. The molecule has 1 atom stereocenters. The van der Waals surface area contributed by atoms with E-state index in [1.807, 2.05) is 6.92 Å². The molecule has 1 unspecified atom stereocenters. The van der Waals surface area contributed by atoms with Gasteiger partial charge in [0.25, 0.3) is 5.56 Å². The summed E-state index contributed by atoms with van der Waals surface area (Å²) in [7, 11) is 0. The average Bonchev–Trinajstić information content (AvgIpc) is 2.82. The number of rotatable bonds is 3. The molecule has 0 amide bonds. The number of nitrogens with zero attached hydrogens (tertiary/aromatic N) is 2. The van der Waals surface area contributed by atoms with Crippen LogP contribution in [0.5, 0.6) is 0 Å². The van der Waals surface area contributed by atoms with Crippen molar-refractivity contribution in [3.63, 3.8) is 0 Å². The van der Waals surface area contributed by atoms with Crippen molar-refractivity contribution in [1.29, 1.82) is 0 Å². The summed E-state index contributed by atoms with van der Waals surface area (Å²) >= 11 is 3.11. The number of hydrogen-bond acceptors (Lipinski definition) is 4. The van der Waals surface area contributed by atoms with Crippen LogP contribution in [-0.4, -0.2) is 20.6 Å². The lowest BCUT2D eigenvalue weighted by molar-refractivity contribution is 0.626. The van der Waals surface area contributed by atoms with Crippen LogP contribution in [0.3, 0.4) is 0 Å². The van der Waals surface area contributed by atoms with Crippen molar-refractivity contribution in [1.82, 2.24) is 9.55 Å².